The summed E-state index contributed by atoms with van der Waals surface area (Å²) in [5, 5.41) is 23.5. The standard InChI is InChI=1S/C27H22FN3O4/c1-35-20-10-11-21-22(15-20)24(18-8-5-9-19(28)14-18)23(16-29)31(26(21)32)13-12-30-25(27(33)34)17-6-3-2-4-7-17/h2-11,14-15,25,30H,12-13H2,1H3,(H,33,34). The molecule has 3 aromatic carbocycles. The van der Waals surface area contributed by atoms with E-state index in [0.29, 0.717) is 33.2 Å². The zero-order valence-corrected chi connectivity index (χ0v) is 18.9. The number of nitrogens with one attached hydrogen (secondary N) is 1. The Kier molecular flexibility index (Phi) is 6.90. The van der Waals surface area contributed by atoms with Crippen LogP contribution in [0.4, 0.5) is 4.39 Å². The van der Waals surface area contributed by atoms with E-state index in [9.17, 15) is 24.3 Å². The van der Waals surface area contributed by atoms with Gasteiger partial charge in [-0.2, -0.15) is 5.26 Å². The summed E-state index contributed by atoms with van der Waals surface area (Å²) in [4.78, 5) is 25.2. The van der Waals surface area contributed by atoms with Crippen LogP contribution in [0.1, 0.15) is 17.3 Å². The monoisotopic (exact) mass is 471 g/mol. The highest BCUT2D eigenvalue weighted by Gasteiger charge is 2.21. The number of rotatable bonds is 8. The largest absolute Gasteiger partial charge is 0.497 e. The average Bonchev–Trinajstić information content (AvgIpc) is 2.87. The smallest absolute Gasteiger partial charge is 0.325 e. The lowest BCUT2D eigenvalue weighted by molar-refractivity contribution is -0.139. The maximum atomic E-state index is 14.1. The van der Waals surface area contributed by atoms with E-state index >= 15 is 0 Å². The summed E-state index contributed by atoms with van der Waals surface area (Å²) in [6, 6.07) is 20.5. The van der Waals surface area contributed by atoms with Crippen LogP contribution in [0.5, 0.6) is 5.75 Å². The van der Waals surface area contributed by atoms with Crippen LogP contribution in [-0.4, -0.2) is 29.3 Å². The van der Waals surface area contributed by atoms with Gasteiger partial charge in [-0.05, 0) is 41.5 Å². The Morgan fingerprint density at radius 1 is 1.11 bits per heavy atom. The summed E-state index contributed by atoms with van der Waals surface area (Å²) in [7, 11) is 1.49. The SMILES string of the molecule is COc1ccc2c(=O)n(CCNC(C(=O)O)c3ccccc3)c(C#N)c(-c3cccc(F)c3)c2c1. The van der Waals surface area contributed by atoms with E-state index in [4.69, 9.17) is 4.74 Å². The minimum Gasteiger partial charge on any atom is -0.497 e. The molecule has 0 fully saturated rings. The number of benzene rings is 3. The first kappa shape index (κ1) is 23.7. The van der Waals surface area contributed by atoms with E-state index in [1.165, 1.54) is 29.9 Å². The van der Waals surface area contributed by atoms with Gasteiger partial charge in [0.1, 0.15) is 29.4 Å². The third-order valence-corrected chi connectivity index (χ3v) is 5.76. The molecule has 7 nitrogen and oxygen atoms in total. The Morgan fingerprint density at radius 3 is 2.54 bits per heavy atom. The molecule has 1 heterocycles. The van der Waals surface area contributed by atoms with Gasteiger partial charge in [0.15, 0.2) is 0 Å². The molecule has 176 valence electrons. The Bertz CT molecular complexity index is 1490. The summed E-state index contributed by atoms with van der Waals surface area (Å²) in [5.41, 5.74) is 1.05. The molecule has 0 amide bonds. The maximum Gasteiger partial charge on any atom is 0.325 e. The topological polar surface area (TPSA) is 104 Å². The predicted octanol–water partition coefficient (Wildman–Crippen LogP) is 4.10. The Hall–Kier alpha value is -4.48. The van der Waals surface area contributed by atoms with Gasteiger partial charge in [0.2, 0.25) is 0 Å². The predicted molar refractivity (Wildman–Crippen MR) is 130 cm³/mol. The molecule has 4 rings (SSSR count). The number of fused-ring (bicyclic) bond motifs is 1. The number of ether oxygens (including phenoxy) is 1. The molecule has 0 saturated carbocycles. The van der Waals surface area contributed by atoms with Crippen molar-refractivity contribution in [1.29, 1.82) is 5.26 Å². The number of carbonyl (C=O) groups is 1. The van der Waals surface area contributed by atoms with Gasteiger partial charge < -0.3 is 9.84 Å². The summed E-state index contributed by atoms with van der Waals surface area (Å²) in [5.74, 6) is -1.05. The van der Waals surface area contributed by atoms with E-state index in [-0.39, 0.29) is 18.8 Å². The molecule has 2 N–H and O–H groups in total. The van der Waals surface area contributed by atoms with Gasteiger partial charge in [0.25, 0.3) is 5.56 Å². The fraction of sp³-hybridized carbons (Fsp3) is 0.148. The second-order valence-corrected chi connectivity index (χ2v) is 7.85. The zero-order chi connectivity index (χ0) is 24.9. The van der Waals surface area contributed by atoms with Crippen molar-refractivity contribution in [2.75, 3.05) is 13.7 Å². The number of carboxylic acid groups (broad SMARTS) is 1. The lowest BCUT2D eigenvalue weighted by Gasteiger charge is -2.19. The van der Waals surface area contributed by atoms with Crippen LogP contribution in [0.2, 0.25) is 0 Å². The molecule has 1 unspecified atom stereocenters. The molecule has 0 aliphatic carbocycles. The van der Waals surface area contributed by atoms with Gasteiger partial charge in [-0.25, -0.2) is 4.39 Å². The van der Waals surface area contributed by atoms with Crippen molar-refractivity contribution < 1.29 is 19.0 Å². The fourth-order valence-corrected chi connectivity index (χ4v) is 4.13. The minimum absolute atomic E-state index is 0.0304. The van der Waals surface area contributed by atoms with E-state index < -0.39 is 23.4 Å². The number of pyridine rings is 1. The van der Waals surface area contributed by atoms with Crippen molar-refractivity contribution in [3.8, 4) is 22.9 Å². The summed E-state index contributed by atoms with van der Waals surface area (Å²) < 4.78 is 20.7. The first-order valence-electron chi connectivity index (χ1n) is 10.9. The third-order valence-electron chi connectivity index (χ3n) is 5.76. The van der Waals surface area contributed by atoms with E-state index in [1.54, 1.807) is 54.6 Å². The molecule has 35 heavy (non-hydrogen) atoms. The highest BCUT2D eigenvalue weighted by Crippen LogP contribution is 2.33. The normalized spacial score (nSPS) is 11.7. The molecule has 0 bridgehead atoms. The van der Waals surface area contributed by atoms with Crippen LogP contribution in [0.15, 0.2) is 77.6 Å². The summed E-state index contributed by atoms with van der Waals surface area (Å²) in [6.45, 7) is 0.132. The molecule has 4 aromatic rings. The van der Waals surface area contributed by atoms with Gasteiger partial charge in [0.05, 0.1) is 7.11 Å². The molecule has 0 radical (unpaired) electrons. The van der Waals surface area contributed by atoms with Crippen LogP contribution in [0, 0.1) is 17.1 Å². The lowest BCUT2D eigenvalue weighted by Crippen LogP contribution is -2.34. The minimum atomic E-state index is -1.06. The number of hydrogen-bond donors (Lipinski definition) is 2. The number of aromatic nitrogens is 1. The summed E-state index contributed by atoms with van der Waals surface area (Å²) in [6.07, 6.45) is 0. The summed E-state index contributed by atoms with van der Waals surface area (Å²) >= 11 is 0. The molecule has 0 aliphatic heterocycles. The molecule has 0 spiro atoms. The van der Waals surface area contributed by atoms with Gasteiger partial charge in [-0.3, -0.25) is 19.5 Å². The number of hydrogen-bond acceptors (Lipinski definition) is 5. The number of halogens is 1. The van der Waals surface area contributed by atoms with Crippen LogP contribution in [-0.2, 0) is 11.3 Å². The second-order valence-electron chi connectivity index (χ2n) is 7.85. The molecule has 1 atom stereocenters. The van der Waals surface area contributed by atoms with Crippen LogP contribution < -0.4 is 15.6 Å². The van der Waals surface area contributed by atoms with Gasteiger partial charge in [-0.15, -0.1) is 0 Å². The Morgan fingerprint density at radius 2 is 1.89 bits per heavy atom. The Balaban J connectivity index is 1.81. The van der Waals surface area contributed by atoms with E-state index in [0.717, 1.165) is 0 Å². The van der Waals surface area contributed by atoms with Crippen molar-refractivity contribution in [1.82, 2.24) is 9.88 Å². The van der Waals surface area contributed by atoms with E-state index in [2.05, 4.69) is 11.4 Å². The van der Waals surface area contributed by atoms with Gasteiger partial charge >= 0.3 is 5.97 Å². The highest BCUT2D eigenvalue weighted by molar-refractivity contribution is 5.99. The second kappa shape index (κ2) is 10.2. The molecular weight excluding hydrogens is 449 g/mol. The number of carboxylic acids is 1. The number of aliphatic carboxylic acids is 1. The highest BCUT2D eigenvalue weighted by atomic mass is 19.1. The number of nitrogens with zero attached hydrogens (tertiary/aromatic N) is 2. The molecule has 1 aromatic heterocycles. The van der Waals surface area contributed by atoms with Crippen LogP contribution >= 0.6 is 0 Å². The van der Waals surface area contributed by atoms with Gasteiger partial charge in [0, 0.05) is 29.4 Å². The lowest BCUT2D eigenvalue weighted by atomic mass is 9.96. The van der Waals surface area contributed by atoms with Gasteiger partial charge in [-0.1, -0.05) is 42.5 Å². The molecule has 0 saturated heterocycles. The molecule has 8 heteroatoms. The fourth-order valence-electron chi connectivity index (χ4n) is 4.13. The van der Waals surface area contributed by atoms with Crippen LogP contribution in [0.3, 0.4) is 0 Å². The molecule has 0 aliphatic rings. The van der Waals surface area contributed by atoms with Crippen molar-refractivity contribution in [3.05, 3.63) is 100 Å². The van der Waals surface area contributed by atoms with Crippen LogP contribution in [0.25, 0.3) is 21.9 Å². The van der Waals surface area contributed by atoms with E-state index in [1.807, 2.05) is 0 Å². The Labute approximate surface area is 200 Å². The molecular formula is C27H22FN3O4. The van der Waals surface area contributed by atoms with Crippen molar-refractivity contribution in [2.45, 2.75) is 12.6 Å². The zero-order valence-electron chi connectivity index (χ0n) is 18.9. The first-order chi connectivity index (χ1) is 16.9. The van der Waals surface area contributed by atoms with Crippen molar-refractivity contribution in [3.63, 3.8) is 0 Å². The third kappa shape index (κ3) is 4.76. The first-order valence-corrected chi connectivity index (χ1v) is 10.9. The number of nitriles is 1. The quantitative estimate of drug-likeness (QED) is 0.401. The number of methoxy groups -OCH3 is 1. The maximum absolute atomic E-state index is 14.1. The average molecular weight is 471 g/mol. The van der Waals surface area contributed by atoms with Crippen molar-refractivity contribution >= 4 is 16.7 Å². The van der Waals surface area contributed by atoms with Crippen molar-refractivity contribution in [2.24, 2.45) is 0 Å².